The molecule has 7 nitrogen and oxygen atoms in total. The Balaban J connectivity index is 1.58. The van der Waals surface area contributed by atoms with Crippen LogP contribution in [0.4, 0.5) is 5.69 Å². The summed E-state index contributed by atoms with van der Waals surface area (Å²) in [5, 5.41) is 12.1. The molecule has 0 bridgehead atoms. The minimum atomic E-state index is -0.509. The number of benzene rings is 3. The molecule has 1 aromatic heterocycles. The van der Waals surface area contributed by atoms with Crippen molar-refractivity contribution in [2.75, 3.05) is 18.2 Å². The van der Waals surface area contributed by atoms with Gasteiger partial charge in [-0.25, -0.2) is 4.79 Å². The molecule has 0 saturated carbocycles. The third-order valence-electron chi connectivity index (χ3n) is 4.86. The summed E-state index contributed by atoms with van der Waals surface area (Å²) in [4.78, 5) is 24.6. The summed E-state index contributed by atoms with van der Waals surface area (Å²) in [5.74, 6) is 0.0129. The highest BCUT2D eigenvalue weighted by Gasteiger charge is 2.18. The fraction of sp³-hybridized carbons (Fsp3) is 0.120. The van der Waals surface area contributed by atoms with Gasteiger partial charge in [-0.2, -0.15) is 0 Å². The van der Waals surface area contributed by atoms with E-state index in [1.807, 2.05) is 66.1 Å². The van der Waals surface area contributed by atoms with Gasteiger partial charge in [0.15, 0.2) is 11.0 Å². The Morgan fingerprint density at radius 2 is 1.73 bits per heavy atom. The predicted molar refractivity (Wildman–Crippen MR) is 129 cm³/mol. The van der Waals surface area contributed by atoms with Crippen molar-refractivity contribution in [3.05, 3.63) is 90.0 Å². The van der Waals surface area contributed by atoms with Crippen molar-refractivity contribution in [1.29, 1.82) is 0 Å². The van der Waals surface area contributed by atoms with Crippen LogP contribution in [0, 0.1) is 6.92 Å². The maximum atomic E-state index is 12.7. The largest absolute Gasteiger partial charge is 0.465 e. The van der Waals surface area contributed by atoms with Crippen molar-refractivity contribution in [3.63, 3.8) is 0 Å². The molecule has 4 aromatic rings. The Bertz CT molecular complexity index is 1290. The Morgan fingerprint density at radius 1 is 0.970 bits per heavy atom. The number of hydrogen-bond donors (Lipinski definition) is 1. The molecule has 4 rings (SSSR count). The molecule has 0 saturated heterocycles. The summed E-state index contributed by atoms with van der Waals surface area (Å²) < 4.78 is 6.73. The molecule has 8 heteroatoms. The van der Waals surface area contributed by atoms with Crippen molar-refractivity contribution >= 4 is 29.3 Å². The van der Waals surface area contributed by atoms with Crippen molar-refractivity contribution in [3.8, 4) is 17.1 Å². The van der Waals surface area contributed by atoms with E-state index in [-0.39, 0.29) is 11.7 Å². The highest BCUT2D eigenvalue weighted by atomic mass is 32.2. The predicted octanol–water partition coefficient (Wildman–Crippen LogP) is 4.76. The second-order valence-corrected chi connectivity index (χ2v) is 8.16. The first kappa shape index (κ1) is 22.3. The van der Waals surface area contributed by atoms with Gasteiger partial charge in [-0.05, 0) is 37.3 Å². The van der Waals surface area contributed by atoms with E-state index in [0.717, 1.165) is 16.8 Å². The molecule has 166 valence electrons. The number of anilines is 1. The summed E-state index contributed by atoms with van der Waals surface area (Å²) in [6.07, 6.45) is 0. The first-order chi connectivity index (χ1) is 16.1. The van der Waals surface area contributed by atoms with E-state index in [0.29, 0.717) is 22.2 Å². The minimum absolute atomic E-state index is 0.0916. The van der Waals surface area contributed by atoms with Crippen LogP contribution in [0.1, 0.15) is 15.9 Å². The normalized spacial score (nSPS) is 10.6. The molecule has 1 N–H and O–H groups in total. The van der Waals surface area contributed by atoms with Gasteiger partial charge >= 0.3 is 5.97 Å². The van der Waals surface area contributed by atoms with E-state index in [1.165, 1.54) is 18.9 Å². The summed E-state index contributed by atoms with van der Waals surface area (Å²) in [5.41, 5.74) is 3.66. The molecule has 0 aliphatic rings. The van der Waals surface area contributed by atoms with Crippen LogP contribution in [0.15, 0.2) is 84.0 Å². The highest BCUT2D eigenvalue weighted by Crippen LogP contribution is 2.28. The van der Waals surface area contributed by atoms with Crippen LogP contribution >= 0.6 is 11.8 Å². The molecule has 0 atom stereocenters. The number of nitrogens with zero attached hydrogens (tertiary/aromatic N) is 3. The van der Waals surface area contributed by atoms with Crippen molar-refractivity contribution in [1.82, 2.24) is 14.8 Å². The van der Waals surface area contributed by atoms with Crippen LogP contribution < -0.4 is 5.32 Å². The van der Waals surface area contributed by atoms with E-state index < -0.39 is 5.97 Å². The van der Waals surface area contributed by atoms with Crippen LogP contribution in [0.5, 0.6) is 0 Å². The number of carbonyl (C=O) groups excluding carboxylic acids is 2. The van der Waals surface area contributed by atoms with Crippen LogP contribution in [0.3, 0.4) is 0 Å². The lowest BCUT2D eigenvalue weighted by molar-refractivity contribution is -0.113. The summed E-state index contributed by atoms with van der Waals surface area (Å²) in [6, 6.07) is 24.5. The number of nitrogens with one attached hydrogen (secondary N) is 1. The van der Waals surface area contributed by atoms with Gasteiger partial charge in [-0.3, -0.25) is 9.36 Å². The molecular weight excluding hydrogens is 436 g/mol. The smallest absolute Gasteiger partial charge is 0.339 e. The van der Waals surface area contributed by atoms with Gasteiger partial charge in [0.25, 0.3) is 0 Å². The topological polar surface area (TPSA) is 86.1 Å². The number of ether oxygens (including phenoxy) is 1. The number of rotatable bonds is 7. The quantitative estimate of drug-likeness (QED) is 0.317. The SMILES string of the molecule is COC(=O)c1ccccc1NC(=O)CSc1nnc(-c2cccc(C)c2)n1-c1ccccc1. The van der Waals surface area contributed by atoms with E-state index >= 15 is 0 Å². The maximum absolute atomic E-state index is 12.7. The van der Waals surface area contributed by atoms with Crippen molar-refractivity contribution in [2.45, 2.75) is 12.1 Å². The third kappa shape index (κ3) is 5.12. The van der Waals surface area contributed by atoms with Gasteiger partial charge in [0.05, 0.1) is 24.1 Å². The molecule has 1 amide bonds. The third-order valence-corrected chi connectivity index (χ3v) is 5.79. The standard InChI is InChI=1S/C25H22N4O3S/c1-17-9-8-10-18(15-17)23-27-28-25(29(23)19-11-4-3-5-12-19)33-16-22(30)26-21-14-7-6-13-20(21)24(31)32-2/h3-15H,16H2,1-2H3,(H,26,30). The lowest BCUT2D eigenvalue weighted by Gasteiger charge is -2.11. The van der Waals surface area contributed by atoms with E-state index in [4.69, 9.17) is 4.74 Å². The number of aryl methyl sites for hydroxylation is 1. The molecule has 0 aliphatic carbocycles. The zero-order chi connectivity index (χ0) is 23.2. The van der Waals surface area contributed by atoms with Crippen LogP contribution in [-0.2, 0) is 9.53 Å². The highest BCUT2D eigenvalue weighted by molar-refractivity contribution is 7.99. The summed E-state index contributed by atoms with van der Waals surface area (Å²) in [6.45, 7) is 2.03. The van der Waals surface area contributed by atoms with Crippen LogP contribution in [0.25, 0.3) is 17.1 Å². The fourth-order valence-corrected chi connectivity index (χ4v) is 4.09. The molecule has 33 heavy (non-hydrogen) atoms. The average molecular weight is 459 g/mol. The zero-order valence-corrected chi connectivity index (χ0v) is 19.0. The summed E-state index contributed by atoms with van der Waals surface area (Å²) >= 11 is 1.27. The monoisotopic (exact) mass is 458 g/mol. The van der Waals surface area contributed by atoms with Gasteiger partial charge in [-0.1, -0.05) is 65.9 Å². The molecule has 0 aliphatic heterocycles. The van der Waals surface area contributed by atoms with Gasteiger partial charge in [0.2, 0.25) is 5.91 Å². The number of para-hydroxylation sites is 2. The Hall–Kier alpha value is -3.91. The number of carbonyl (C=O) groups is 2. The molecular formula is C25H22N4O3S. The first-order valence-corrected chi connectivity index (χ1v) is 11.2. The number of amides is 1. The molecule has 1 heterocycles. The molecule has 0 unspecified atom stereocenters. The molecule has 0 fully saturated rings. The Labute approximate surface area is 195 Å². The lowest BCUT2D eigenvalue weighted by atomic mass is 10.1. The van der Waals surface area contributed by atoms with Crippen molar-refractivity contribution < 1.29 is 14.3 Å². The number of aromatic nitrogens is 3. The zero-order valence-electron chi connectivity index (χ0n) is 18.2. The second-order valence-electron chi connectivity index (χ2n) is 7.22. The maximum Gasteiger partial charge on any atom is 0.339 e. The van der Waals surface area contributed by atoms with E-state index in [9.17, 15) is 9.59 Å². The van der Waals surface area contributed by atoms with Crippen LogP contribution in [0.2, 0.25) is 0 Å². The lowest BCUT2D eigenvalue weighted by Crippen LogP contribution is -2.17. The fourth-order valence-electron chi connectivity index (χ4n) is 3.34. The Morgan fingerprint density at radius 3 is 2.48 bits per heavy atom. The minimum Gasteiger partial charge on any atom is -0.465 e. The Kier molecular flexibility index (Phi) is 6.85. The summed E-state index contributed by atoms with van der Waals surface area (Å²) in [7, 11) is 1.30. The molecule has 0 spiro atoms. The average Bonchev–Trinajstić information content (AvgIpc) is 3.27. The second kappa shape index (κ2) is 10.1. The van der Waals surface area contributed by atoms with Crippen LogP contribution in [-0.4, -0.2) is 39.5 Å². The molecule has 0 radical (unpaired) electrons. The number of esters is 1. The van der Waals surface area contributed by atoms with Gasteiger partial charge < -0.3 is 10.1 Å². The van der Waals surface area contributed by atoms with E-state index in [2.05, 4.69) is 15.5 Å². The van der Waals surface area contributed by atoms with E-state index in [1.54, 1.807) is 24.3 Å². The number of methoxy groups -OCH3 is 1. The number of hydrogen-bond acceptors (Lipinski definition) is 6. The van der Waals surface area contributed by atoms with Gasteiger partial charge in [-0.15, -0.1) is 10.2 Å². The number of thioether (sulfide) groups is 1. The van der Waals surface area contributed by atoms with Gasteiger partial charge in [0, 0.05) is 11.3 Å². The molecule has 3 aromatic carbocycles. The van der Waals surface area contributed by atoms with Gasteiger partial charge in [0.1, 0.15) is 0 Å². The first-order valence-electron chi connectivity index (χ1n) is 10.2. The van der Waals surface area contributed by atoms with Crippen molar-refractivity contribution in [2.24, 2.45) is 0 Å².